The van der Waals surface area contributed by atoms with Gasteiger partial charge in [0.15, 0.2) is 11.6 Å². The molecule has 0 aliphatic carbocycles. The number of hydrogen-bond acceptors (Lipinski definition) is 1. The van der Waals surface area contributed by atoms with E-state index < -0.39 is 17.5 Å². The lowest BCUT2D eigenvalue weighted by Crippen LogP contribution is -2.34. The minimum atomic E-state index is -1.08. The Balaban J connectivity index is 2.34. The summed E-state index contributed by atoms with van der Waals surface area (Å²) in [5, 5.41) is 0. The minimum absolute atomic E-state index is 0.0287. The summed E-state index contributed by atoms with van der Waals surface area (Å²) in [4.78, 5) is 13.6. The first-order chi connectivity index (χ1) is 8.02. The topological polar surface area (TPSA) is 20.3 Å². The molecular formula is C12H12BrF2NO. The zero-order chi connectivity index (χ0) is 12.6. The monoisotopic (exact) mass is 303 g/mol. The molecule has 1 amide bonds. The molecule has 0 spiro atoms. The molecule has 92 valence electrons. The fraction of sp³-hybridized carbons (Fsp3) is 0.417. The molecule has 17 heavy (non-hydrogen) atoms. The number of benzene rings is 1. The van der Waals surface area contributed by atoms with Crippen LogP contribution in [0.25, 0.3) is 0 Å². The maximum absolute atomic E-state index is 13.6. The second-order valence-corrected chi connectivity index (χ2v) is 5.07. The molecule has 0 saturated carbocycles. The fourth-order valence-electron chi connectivity index (χ4n) is 2.08. The molecule has 0 radical (unpaired) electrons. The van der Waals surface area contributed by atoms with Crippen molar-refractivity contribution in [2.45, 2.75) is 25.8 Å². The average molecular weight is 304 g/mol. The number of halogens is 3. The zero-order valence-electron chi connectivity index (χ0n) is 9.34. The van der Waals surface area contributed by atoms with E-state index in [0.717, 1.165) is 12.8 Å². The first kappa shape index (κ1) is 12.5. The van der Waals surface area contributed by atoms with Gasteiger partial charge >= 0.3 is 0 Å². The lowest BCUT2D eigenvalue weighted by atomic mass is 10.1. The second-order valence-electron chi connectivity index (χ2n) is 4.21. The van der Waals surface area contributed by atoms with Crippen molar-refractivity contribution in [3.8, 4) is 0 Å². The van der Waals surface area contributed by atoms with Gasteiger partial charge in [0.2, 0.25) is 0 Å². The van der Waals surface area contributed by atoms with Gasteiger partial charge in [-0.15, -0.1) is 0 Å². The van der Waals surface area contributed by atoms with Gasteiger partial charge in [-0.1, -0.05) is 0 Å². The van der Waals surface area contributed by atoms with Crippen molar-refractivity contribution in [3.05, 3.63) is 33.8 Å². The summed E-state index contributed by atoms with van der Waals surface area (Å²) < 4.78 is 27.0. The molecule has 1 heterocycles. The molecule has 1 fully saturated rings. The van der Waals surface area contributed by atoms with Gasteiger partial charge in [0, 0.05) is 12.6 Å². The largest absolute Gasteiger partial charge is 0.336 e. The number of amides is 1. The fourth-order valence-corrected chi connectivity index (χ4v) is 2.39. The van der Waals surface area contributed by atoms with Crippen LogP contribution in [0.4, 0.5) is 8.78 Å². The van der Waals surface area contributed by atoms with Crippen molar-refractivity contribution in [1.29, 1.82) is 0 Å². The quantitative estimate of drug-likeness (QED) is 0.729. The van der Waals surface area contributed by atoms with Crippen molar-refractivity contribution >= 4 is 21.8 Å². The molecule has 0 bridgehead atoms. The van der Waals surface area contributed by atoms with Crippen molar-refractivity contribution in [1.82, 2.24) is 4.90 Å². The van der Waals surface area contributed by atoms with Gasteiger partial charge < -0.3 is 4.90 Å². The van der Waals surface area contributed by atoms with Gasteiger partial charge in [-0.3, -0.25) is 4.79 Å². The van der Waals surface area contributed by atoms with Crippen LogP contribution in [-0.2, 0) is 0 Å². The lowest BCUT2D eigenvalue weighted by Gasteiger charge is -2.21. The standard InChI is InChI=1S/C12H12BrF2NO/c1-7-3-2-6-16(7)12(17)8-4-5-9(13)11(15)10(8)14/h4-5,7H,2-3,6H2,1H3/t7-/m1/s1. The highest BCUT2D eigenvalue weighted by Gasteiger charge is 2.28. The Hall–Kier alpha value is -0.970. The van der Waals surface area contributed by atoms with E-state index in [1.165, 1.54) is 12.1 Å². The van der Waals surface area contributed by atoms with Crippen LogP contribution in [0.1, 0.15) is 30.1 Å². The summed E-state index contributed by atoms with van der Waals surface area (Å²) >= 11 is 2.88. The molecule has 5 heteroatoms. The molecule has 0 unspecified atom stereocenters. The smallest absolute Gasteiger partial charge is 0.257 e. The van der Waals surface area contributed by atoms with Gasteiger partial charge in [-0.2, -0.15) is 0 Å². The van der Waals surface area contributed by atoms with Crippen molar-refractivity contribution in [2.24, 2.45) is 0 Å². The molecule has 1 aromatic rings. The lowest BCUT2D eigenvalue weighted by molar-refractivity contribution is 0.0741. The van der Waals surface area contributed by atoms with Crippen LogP contribution in [0, 0.1) is 11.6 Å². The molecule has 1 atom stereocenters. The minimum Gasteiger partial charge on any atom is -0.336 e. The van der Waals surface area contributed by atoms with Crippen molar-refractivity contribution in [2.75, 3.05) is 6.54 Å². The van der Waals surface area contributed by atoms with Crippen molar-refractivity contribution in [3.63, 3.8) is 0 Å². The number of rotatable bonds is 1. The Bertz CT molecular complexity index is 464. The van der Waals surface area contributed by atoms with Crippen LogP contribution in [0.3, 0.4) is 0 Å². The van der Waals surface area contributed by atoms with Crippen molar-refractivity contribution < 1.29 is 13.6 Å². The predicted molar refractivity (Wildman–Crippen MR) is 63.8 cm³/mol. The van der Waals surface area contributed by atoms with Crippen LogP contribution in [0.5, 0.6) is 0 Å². The summed E-state index contributed by atoms with van der Waals surface area (Å²) in [6.45, 7) is 2.52. The van der Waals surface area contributed by atoms with Gasteiger partial charge in [0.05, 0.1) is 10.0 Å². The van der Waals surface area contributed by atoms with E-state index in [1.807, 2.05) is 6.92 Å². The maximum Gasteiger partial charge on any atom is 0.257 e. The first-order valence-electron chi connectivity index (χ1n) is 5.47. The van der Waals surface area contributed by atoms with E-state index in [1.54, 1.807) is 4.90 Å². The van der Waals surface area contributed by atoms with E-state index in [0.29, 0.717) is 6.54 Å². The number of carbonyl (C=O) groups excluding carboxylic acids is 1. The van der Waals surface area contributed by atoms with Crippen LogP contribution in [0.15, 0.2) is 16.6 Å². The molecule has 1 aromatic carbocycles. The van der Waals surface area contributed by atoms with Gasteiger partial charge in [-0.05, 0) is 47.8 Å². The highest BCUT2D eigenvalue weighted by molar-refractivity contribution is 9.10. The third-order valence-electron chi connectivity index (χ3n) is 3.08. The summed E-state index contributed by atoms with van der Waals surface area (Å²) in [6.07, 6.45) is 1.82. The molecule has 2 rings (SSSR count). The summed E-state index contributed by atoms with van der Waals surface area (Å²) in [5.74, 6) is -2.52. The molecule has 0 aromatic heterocycles. The Labute approximate surface area is 107 Å². The Morgan fingerprint density at radius 1 is 1.41 bits per heavy atom. The van der Waals surface area contributed by atoms with E-state index in [-0.39, 0.29) is 16.1 Å². The molecule has 1 aliphatic rings. The maximum atomic E-state index is 13.6. The average Bonchev–Trinajstić information content (AvgIpc) is 2.72. The van der Waals surface area contributed by atoms with Gasteiger partial charge in [0.25, 0.3) is 5.91 Å². The van der Waals surface area contributed by atoms with Crippen LogP contribution in [-0.4, -0.2) is 23.4 Å². The molecule has 1 saturated heterocycles. The normalized spacial score (nSPS) is 19.8. The third kappa shape index (κ3) is 2.20. The van der Waals surface area contributed by atoms with E-state index in [2.05, 4.69) is 15.9 Å². The predicted octanol–water partition coefficient (Wildman–Crippen LogP) is 3.35. The summed E-state index contributed by atoms with van der Waals surface area (Å²) in [6, 6.07) is 2.76. The van der Waals surface area contributed by atoms with Crippen LogP contribution < -0.4 is 0 Å². The number of likely N-dealkylation sites (tertiary alicyclic amines) is 1. The highest BCUT2D eigenvalue weighted by atomic mass is 79.9. The van der Waals surface area contributed by atoms with Crippen LogP contribution >= 0.6 is 15.9 Å². The zero-order valence-corrected chi connectivity index (χ0v) is 10.9. The van der Waals surface area contributed by atoms with Gasteiger partial charge in [0.1, 0.15) is 0 Å². The summed E-state index contributed by atoms with van der Waals surface area (Å²) in [7, 11) is 0. The Kier molecular flexibility index (Phi) is 3.47. The van der Waals surface area contributed by atoms with E-state index in [9.17, 15) is 13.6 Å². The number of nitrogens with zero attached hydrogens (tertiary/aromatic N) is 1. The first-order valence-corrected chi connectivity index (χ1v) is 6.26. The highest BCUT2D eigenvalue weighted by Crippen LogP contribution is 2.25. The molecule has 0 N–H and O–H groups in total. The second kappa shape index (κ2) is 4.72. The number of carbonyl (C=O) groups is 1. The van der Waals surface area contributed by atoms with E-state index in [4.69, 9.17) is 0 Å². The Morgan fingerprint density at radius 2 is 2.12 bits per heavy atom. The van der Waals surface area contributed by atoms with E-state index >= 15 is 0 Å². The molecular weight excluding hydrogens is 292 g/mol. The number of hydrogen-bond donors (Lipinski definition) is 0. The third-order valence-corrected chi connectivity index (χ3v) is 3.69. The van der Waals surface area contributed by atoms with Gasteiger partial charge in [-0.25, -0.2) is 8.78 Å². The molecule has 2 nitrogen and oxygen atoms in total. The SMILES string of the molecule is C[C@@H]1CCCN1C(=O)c1ccc(Br)c(F)c1F. The Morgan fingerprint density at radius 3 is 2.71 bits per heavy atom. The van der Waals surface area contributed by atoms with Crippen LogP contribution in [0.2, 0.25) is 0 Å². The molecule has 1 aliphatic heterocycles. The summed E-state index contributed by atoms with van der Waals surface area (Å²) in [5.41, 5.74) is -0.195.